The highest BCUT2D eigenvalue weighted by atomic mass is 79.9. The maximum atomic E-state index is 14.8. The largest absolute Gasteiger partial charge is 0.388 e. The molecule has 25 heavy (non-hydrogen) atoms. The van der Waals surface area contributed by atoms with E-state index < -0.39 is 23.3 Å². The van der Waals surface area contributed by atoms with Gasteiger partial charge in [0.15, 0.2) is 0 Å². The zero-order valence-electron chi connectivity index (χ0n) is 13.4. The number of fused-ring (bicyclic) bond motifs is 1. The average molecular weight is 411 g/mol. The molecule has 2 heterocycles. The molecular weight excluding hydrogens is 394 g/mol. The minimum Gasteiger partial charge on any atom is -0.388 e. The molecule has 2 aromatic rings. The maximum absolute atomic E-state index is 14.8. The highest BCUT2D eigenvalue weighted by molar-refractivity contribution is 9.10. The quantitative estimate of drug-likeness (QED) is 0.726. The molecule has 1 aromatic heterocycles. The van der Waals surface area contributed by atoms with Crippen LogP contribution in [-0.4, -0.2) is 9.67 Å². The Morgan fingerprint density at radius 2 is 2.20 bits per heavy atom. The van der Waals surface area contributed by atoms with Gasteiger partial charge in [-0.15, -0.1) is 6.58 Å². The van der Waals surface area contributed by atoms with Gasteiger partial charge in [0.25, 0.3) is 5.56 Å². The number of pyridine rings is 1. The van der Waals surface area contributed by atoms with Crippen LogP contribution < -0.4 is 10.9 Å². The Labute approximate surface area is 151 Å². The van der Waals surface area contributed by atoms with E-state index in [0.29, 0.717) is 29.6 Å². The normalized spacial score (nSPS) is 14.2. The van der Waals surface area contributed by atoms with Gasteiger partial charge in [-0.25, -0.2) is 4.39 Å². The van der Waals surface area contributed by atoms with Crippen molar-refractivity contribution in [2.45, 2.75) is 31.9 Å². The van der Waals surface area contributed by atoms with Crippen LogP contribution in [0.1, 0.15) is 30.2 Å². The molecule has 0 bridgehead atoms. The van der Waals surface area contributed by atoms with Crippen LogP contribution in [0.4, 0.5) is 20.2 Å². The van der Waals surface area contributed by atoms with E-state index in [1.54, 1.807) is 6.07 Å². The van der Waals surface area contributed by atoms with Crippen molar-refractivity contribution in [2.24, 2.45) is 0 Å². The number of halogens is 3. The molecule has 2 N–H and O–H groups in total. The monoisotopic (exact) mass is 410 g/mol. The summed E-state index contributed by atoms with van der Waals surface area (Å²) in [5.74, 6) is -1.62. The van der Waals surface area contributed by atoms with Crippen molar-refractivity contribution in [3.05, 3.63) is 68.6 Å². The molecule has 0 amide bonds. The van der Waals surface area contributed by atoms with Crippen LogP contribution in [-0.2, 0) is 13.0 Å². The van der Waals surface area contributed by atoms with Gasteiger partial charge in [-0.1, -0.05) is 22.0 Å². The van der Waals surface area contributed by atoms with Crippen LogP contribution in [0.15, 0.2) is 40.1 Å². The number of aromatic nitrogens is 1. The second-order valence-electron chi connectivity index (χ2n) is 5.90. The Kier molecular flexibility index (Phi) is 5.06. The van der Waals surface area contributed by atoms with Crippen LogP contribution in [0.3, 0.4) is 0 Å². The predicted octanol–water partition coefficient (Wildman–Crippen LogP) is 4.19. The summed E-state index contributed by atoms with van der Waals surface area (Å²) in [5.41, 5.74) is -0.0371. The molecule has 0 radical (unpaired) electrons. The fourth-order valence-corrected chi connectivity index (χ4v) is 3.48. The third kappa shape index (κ3) is 3.26. The van der Waals surface area contributed by atoms with Crippen LogP contribution in [0, 0.1) is 11.6 Å². The number of nitrogens with zero attached hydrogens (tertiary/aromatic N) is 1. The molecule has 0 saturated carbocycles. The van der Waals surface area contributed by atoms with Gasteiger partial charge >= 0.3 is 0 Å². The number of nitrogens with one attached hydrogen (secondary N) is 1. The molecule has 0 saturated heterocycles. The van der Waals surface area contributed by atoms with Crippen LogP contribution >= 0.6 is 15.9 Å². The van der Waals surface area contributed by atoms with Crippen molar-refractivity contribution in [3.63, 3.8) is 0 Å². The lowest BCUT2D eigenvalue weighted by Crippen LogP contribution is -2.27. The SMILES string of the molecule is C=CCC(O)c1c(Nc2ccc(Br)cc2F)c(F)c(=O)n2c1CCC2. The van der Waals surface area contributed by atoms with Crippen molar-refractivity contribution >= 4 is 27.3 Å². The zero-order valence-corrected chi connectivity index (χ0v) is 14.9. The third-order valence-corrected chi connectivity index (χ3v) is 4.76. The Hall–Kier alpha value is -1.99. The maximum Gasteiger partial charge on any atom is 0.288 e. The standard InChI is InChI=1S/C18H17BrF2N2O2/c1-2-4-14(24)15-13-5-3-8-23(13)18(25)16(21)17(15)22-12-7-6-10(19)9-11(12)20/h2,6-7,9,14,22,24H,1,3-5,8H2. The molecule has 3 rings (SSSR count). The van der Waals surface area contributed by atoms with E-state index in [1.807, 2.05) is 0 Å². The number of rotatable bonds is 5. The summed E-state index contributed by atoms with van der Waals surface area (Å²) in [6, 6.07) is 4.27. The first-order valence-corrected chi connectivity index (χ1v) is 8.69. The highest BCUT2D eigenvalue weighted by Crippen LogP contribution is 2.35. The minimum absolute atomic E-state index is 0.0245. The van der Waals surface area contributed by atoms with E-state index in [4.69, 9.17) is 0 Å². The van der Waals surface area contributed by atoms with Gasteiger partial charge in [-0.05, 0) is 37.5 Å². The van der Waals surface area contributed by atoms with Crippen LogP contribution in [0.2, 0.25) is 0 Å². The molecular formula is C18H17BrF2N2O2. The molecule has 1 aromatic carbocycles. The summed E-state index contributed by atoms with van der Waals surface area (Å²) in [6.45, 7) is 4.00. The fraction of sp³-hybridized carbons (Fsp3) is 0.278. The topological polar surface area (TPSA) is 54.3 Å². The van der Waals surface area contributed by atoms with Crippen molar-refractivity contribution in [1.82, 2.24) is 4.57 Å². The molecule has 7 heteroatoms. The number of aliphatic hydroxyl groups is 1. The number of benzene rings is 1. The summed E-state index contributed by atoms with van der Waals surface area (Å²) in [5, 5.41) is 13.1. The smallest absolute Gasteiger partial charge is 0.288 e. The number of hydrogen-bond acceptors (Lipinski definition) is 3. The number of hydrogen-bond donors (Lipinski definition) is 2. The highest BCUT2D eigenvalue weighted by Gasteiger charge is 2.28. The molecule has 4 nitrogen and oxygen atoms in total. The summed E-state index contributed by atoms with van der Waals surface area (Å²) < 4.78 is 30.8. The van der Waals surface area contributed by atoms with Crippen molar-refractivity contribution in [2.75, 3.05) is 5.32 Å². The van der Waals surface area contributed by atoms with Gasteiger partial charge < -0.3 is 15.0 Å². The molecule has 1 aliphatic rings. The van der Waals surface area contributed by atoms with E-state index in [2.05, 4.69) is 27.8 Å². The van der Waals surface area contributed by atoms with Gasteiger partial charge in [0.1, 0.15) is 5.82 Å². The second-order valence-corrected chi connectivity index (χ2v) is 6.81. The molecule has 1 aliphatic heterocycles. The fourth-order valence-electron chi connectivity index (χ4n) is 3.15. The molecule has 0 spiro atoms. The molecule has 0 fully saturated rings. The molecule has 1 unspecified atom stereocenters. The summed E-state index contributed by atoms with van der Waals surface area (Å²) >= 11 is 3.16. The first kappa shape index (κ1) is 17.8. The molecule has 1 atom stereocenters. The zero-order chi connectivity index (χ0) is 18.1. The van der Waals surface area contributed by atoms with E-state index in [0.717, 1.165) is 0 Å². The van der Waals surface area contributed by atoms with Crippen LogP contribution in [0.25, 0.3) is 0 Å². The van der Waals surface area contributed by atoms with E-state index in [1.165, 1.54) is 22.8 Å². The van der Waals surface area contributed by atoms with Gasteiger partial charge in [-0.2, -0.15) is 4.39 Å². The lowest BCUT2D eigenvalue weighted by molar-refractivity contribution is 0.180. The minimum atomic E-state index is -1.03. The molecule has 132 valence electrons. The summed E-state index contributed by atoms with van der Waals surface area (Å²) in [4.78, 5) is 12.3. The number of aliphatic hydroxyl groups excluding tert-OH is 1. The van der Waals surface area contributed by atoms with E-state index >= 15 is 0 Å². The van der Waals surface area contributed by atoms with Crippen molar-refractivity contribution in [3.8, 4) is 0 Å². The predicted molar refractivity (Wildman–Crippen MR) is 96.1 cm³/mol. The van der Waals surface area contributed by atoms with Crippen LogP contribution in [0.5, 0.6) is 0 Å². The van der Waals surface area contributed by atoms with Gasteiger partial charge in [0, 0.05) is 22.3 Å². The van der Waals surface area contributed by atoms with Crippen molar-refractivity contribution < 1.29 is 13.9 Å². The Morgan fingerprint density at radius 3 is 2.88 bits per heavy atom. The van der Waals surface area contributed by atoms with Gasteiger partial charge in [0.2, 0.25) is 5.82 Å². The van der Waals surface area contributed by atoms with Gasteiger partial charge in [0.05, 0.1) is 17.5 Å². The first-order chi connectivity index (χ1) is 11.9. The Morgan fingerprint density at radius 1 is 1.44 bits per heavy atom. The van der Waals surface area contributed by atoms with Gasteiger partial charge in [-0.3, -0.25) is 4.79 Å². The summed E-state index contributed by atoms with van der Waals surface area (Å²) in [7, 11) is 0. The lowest BCUT2D eigenvalue weighted by atomic mass is 10.0. The summed E-state index contributed by atoms with van der Waals surface area (Å²) in [6.07, 6.45) is 1.92. The average Bonchev–Trinajstić information content (AvgIpc) is 3.04. The van der Waals surface area contributed by atoms with Crippen molar-refractivity contribution in [1.29, 1.82) is 0 Å². The Bertz CT molecular complexity index is 896. The Balaban J connectivity index is 2.19. The number of anilines is 2. The molecule has 0 aliphatic carbocycles. The van der Waals surface area contributed by atoms with E-state index in [-0.39, 0.29) is 23.4 Å². The lowest BCUT2D eigenvalue weighted by Gasteiger charge is -2.21. The first-order valence-electron chi connectivity index (χ1n) is 7.90. The third-order valence-electron chi connectivity index (χ3n) is 4.27. The second kappa shape index (κ2) is 7.09. The van der Waals surface area contributed by atoms with E-state index in [9.17, 15) is 18.7 Å².